The largest absolute Gasteiger partial charge is 0.383 e. The summed E-state index contributed by atoms with van der Waals surface area (Å²) in [5.74, 6) is 0.438. The Morgan fingerprint density at radius 2 is 2.04 bits per heavy atom. The molecule has 0 spiro atoms. The second kappa shape index (κ2) is 6.67. The second-order valence-corrected chi connectivity index (χ2v) is 7.39. The molecule has 4 aromatic rings. The second-order valence-electron chi connectivity index (χ2n) is 7.39. The zero-order chi connectivity index (χ0) is 20.0. The molecule has 3 aromatic heterocycles. The molecule has 144 valence electrons. The smallest absolute Gasteiger partial charge is 0.207 e. The van der Waals surface area contributed by atoms with Crippen molar-refractivity contribution in [2.45, 2.75) is 33.4 Å². The summed E-state index contributed by atoms with van der Waals surface area (Å²) in [6, 6.07) is 8.71. The van der Waals surface area contributed by atoms with Crippen LogP contribution in [0.2, 0.25) is 0 Å². The van der Waals surface area contributed by atoms with Crippen LogP contribution in [0.4, 0.5) is 5.82 Å². The average molecular weight is 376 g/mol. The van der Waals surface area contributed by atoms with E-state index in [0.29, 0.717) is 18.8 Å². The molecule has 3 heterocycles. The van der Waals surface area contributed by atoms with E-state index in [0.717, 1.165) is 38.9 Å². The van der Waals surface area contributed by atoms with Crippen molar-refractivity contribution in [3.8, 4) is 11.3 Å². The van der Waals surface area contributed by atoms with Crippen molar-refractivity contribution in [3.05, 3.63) is 41.9 Å². The molecule has 0 radical (unpaired) electrons. The Morgan fingerprint density at radius 3 is 2.75 bits per heavy atom. The lowest BCUT2D eigenvalue weighted by molar-refractivity contribution is -0.109. The van der Waals surface area contributed by atoms with E-state index in [1.165, 1.54) is 11.9 Å². The number of nitrogens with zero attached hydrogens (tertiary/aromatic N) is 4. The number of nitrogens with one attached hydrogen (secondary N) is 1. The number of rotatable bonds is 5. The summed E-state index contributed by atoms with van der Waals surface area (Å²) in [5, 5.41) is 4.79. The van der Waals surface area contributed by atoms with Gasteiger partial charge >= 0.3 is 0 Å². The SMILES string of the molecule is Cc1ccc2c(c1)cc(-c1c(CNC=O)n(C(C)C)c3ncnc(N)c13)n2C. The van der Waals surface area contributed by atoms with Gasteiger partial charge in [-0.2, -0.15) is 0 Å². The molecule has 0 aliphatic carbocycles. The van der Waals surface area contributed by atoms with E-state index in [4.69, 9.17) is 5.73 Å². The third-order valence-corrected chi connectivity index (χ3v) is 5.24. The highest BCUT2D eigenvalue weighted by atomic mass is 16.1. The highest BCUT2D eigenvalue weighted by Crippen LogP contribution is 2.40. The van der Waals surface area contributed by atoms with Crippen molar-refractivity contribution in [2.24, 2.45) is 7.05 Å². The molecule has 1 amide bonds. The van der Waals surface area contributed by atoms with Gasteiger partial charge in [-0.25, -0.2) is 9.97 Å². The first kappa shape index (κ1) is 18.0. The van der Waals surface area contributed by atoms with Gasteiger partial charge in [0, 0.05) is 35.2 Å². The van der Waals surface area contributed by atoms with Gasteiger partial charge in [-0.15, -0.1) is 0 Å². The van der Waals surface area contributed by atoms with Gasteiger partial charge < -0.3 is 20.2 Å². The van der Waals surface area contributed by atoms with E-state index in [2.05, 4.69) is 69.5 Å². The highest BCUT2D eigenvalue weighted by Gasteiger charge is 2.25. The average Bonchev–Trinajstić information content (AvgIpc) is 3.15. The Kier molecular flexibility index (Phi) is 4.30. The van der Waals surface area contributed by atoms with Gasteiger partial charge in [0.05, 0.1) is 17.6 Å². The van der Waals surface area contributed by atoms with E-state index >= 15 is 0 Å². The van der Waals surface area contributed by atoms with Gasteiger partial charge in [0.1, 0.15) is 17.8 Å². The topological polar surface area (TPSA) is 90.8 Å². The Balaban J connectivity index is 2.14. The molecule has 0 saturated heterocycles. The molecule has 0 aliphatic rings. The number of fused-ring (bicyclic) bond motifs is 2. The lowest BCUT2D eigenvalue weighted by Crippen LogP contribution is -2.16. The first-order chi connectivity index (χ1) is 13.4. The predicted molar refractivity (Wildman–Crippen MR) is 112 cm³/mol. The van der Waals surface area contributed by atoms with Crippen LogP contribution in [0.25, 0.3) is 33.2 Å². The first-order valence-electron chi connectivity index (χ1n) is 9.30. The Labute approximate surface area is 163 Å². The third-order valence-electron chi connectivity index (χ3n) is 5.24. The van der Waals surface area contributed by atoms with Crippen LogP contribution in [0, 0.1) is 6.92 Å². The van der Waals surface area contributed by atoms with Crippen LogP contribution < -0.4 is 11.1 Å². The van der Waals surface area contributed by atoms with Gasteiger partial charge in [0.15, 0.2) is 0 Å². The minimum atomic E-state index is 0.144. The summed E-state index contributed by atoms with van der Waals surface area (Å²) in [5.41, 5.74) is 12.4. The molecule has 0 fully saturated rings. The molecule has 3 N–H and O–H groups in total. The summed E-state index contributed by atoms with van der Waals surface area (Å²) in [6.45, 7) is 6.66. The summed E-state index contributed by atoms with van der Waals surface area (Å²) in [4.78, 5) is 19.8. The quantitative estimate of drug-likeness (QED) is 0.523. The Morgan fingerprint density at radius 1 is 1.25 bits per heavy atom. The molecular weight excluding hydrogens is 352 g/mol. The molecule has 0 aliphatic heterocycles. The van der Waals surface area contributed by atoms with Crippen LogP contribution in [0.15, 0.2) is 30.6 Å². The summed E-state index contributed by atoms with van der Waals surface area (Å²) in [6.07, 6.45) is 2.20. The molecule has 0 atom stereocenters. The van der Waals surface area contributed by atoms with E-state index in [-0.39, 0.29) is 6.04 Å². The monoisotopic (exact) mass is 376 g/mol. The highest BCUT2D eigenvalue weighted by molar-refractivity contribution is 6.04. The molecule has 0 unspecified atom stereocenters. The van der Waals surface area contributed by atoms with Crippen molar-refractivity contribution in [3.63, 3.8) is 0 Å². The number of aryl methyl sites for hydroxylation is 2. The minimum absolute atomic E-state index is 0.144. The fourth-order valence-corrected chi connectivity index (χ4v) is 4.06. The van der Waals surface area contributed by atoms with Crippen LogP contribution in [0.1, 0.15) is 31.1 Å². The lowest BCUT2D eigenvalue weighted by Gasteiger charge is -2.15. The standard InChI is InChI=1S/C21H24N6O/c1-12(2)27-17(9-23-11-28)18(19-20(22)24-10-25-21(19)27)16-8-14-7-13(3)5-6-15(14)26(16)4/h5-8,10-12H,9H2,1-4H3,(H,23,28)(H2,22,24,25). The number of carbonyl (C=O) groups excluding carboxylic acids is 1. The van der Waals surface area contributed by atoms with Crippen LogP contribution in [-0.4, -0.2) is 25.5 Å². The number of hydrogen-bond donors (Lipinski definition) is 2. The van der Waals surface area contributed by atoms with Gasteiger partial charge in [0.2, 0.25) is 6.41 Å². The van der Waals surface area contributed by atoms with Crippen molar-refractivity contribution in [2.75, 3.05) is 5.73 Å². The number of carbonyl (C=O) groups is 1. The number of nitrogen functional groups attached to an aromatic ring is 1. The molecule has 1 aromatic carbocycles. The number of amides is 1. The van der Waals surface area contributed by atoms with Crippen molar-refractivity contribution >= 4 is 34.2 Å². The van der Waals surface area contributed by atoms with E-state index in [1.54, 1.807) is 0 Å². The Bertz CT molecular complexity index is 1200. The fourth-order valence-electron chi connectivity index (χ4n) is 4.06. The van der Waals surface area contributed by atoms with Gasteiger partial charge in [-0.05, 0) is 39.0 Å². The summed E-state index contributed by atoms with van der Waals surface area (Å²) in [7, 11) is 2.04. The molecule has 7 heteroatoms. The van der Waals surface area contributed by atoms with E-state index < -0.39 is 0 Å². The van der Waals surface area contributed by atoms with Gasteiger partial charge in [-0.3, -0.25) is 4.79 Å². The van der Waals surface area contributed by atoms with Gasteiger partial charge in [-0.1, -0.05) is 11.6 Å². The van der Waals surface area contributed by atoms with E-state index in [9.17, 15) is 4.79 Å². The molecule has 7 nitrogen and oxygen atoms in total. The molecular formula is C21H24N6O. The van der Waals surface area contributed by atoms with E-state index in [1.807, 2.05) is 7.05 Å². The van der Waals surface area contributed by atoms with Crippen LogP contribution in [-0.2, 0) is 18.4 Å². The maximum Gasteiger partial charge on any atom is 0.207 e. The van der Waals surface area contributed by atoms with Crippen molar-refractivity contribution in [1.29, 1.82) is 0 Å². The number of anilines is 1. The zero-order valence-electron chi connectivity index (χ0n) is 16.5. The Hall–Kier alpha value is -3.35. The molecule has 4 rings (SSSR count). The number of hydrogen-bond acceptors (Lipinski definition) is 4. The normalized spacial score (nSPS) is 11.6. The van der Waals surface area contributed by atoms with Crippen molar-refractivity contribution in [1.82, 2.24) is 24.4 Å². The lowest BCUT2D eigenvalue weighted by atomic mass is 10.1. The minimum Gasteiger partial charge on any atom is -0.383 e. The summed E-state index contributed by atoms with van der Waals surface area (Å²) < 4.78 is 4.28. The maximum atomic E-state index is 11.1. The van der Waals surface area contributed by atoms with Gasteiger partial charge in [0.25, 0.3) is 0 Å². The van der Waals surface area contributed by atoms with Crippen molar-refractivity contribution < 1.29 is 4.79 Å². The summed E-state index contributed by atoms with van der Waals surface area (Å²) >= 11 is 0. The molecule has 0 saturated carbocycles. The molecule has 28 heavy (non-hydrogen) atoms. The van der Waals surface area contributed by atoms with Crippen LogP contribution >= 0.6 is 0 Å². The number of nitrogens with two attached hydrogens (primary N) is 1. The predicted octanol–water partition coefficient (Wildman–Crippen LogP) is 3.31. The van der Waals surface area contributed by atoms with Crippen LogP contribution in [0.3, 0.4) is 0 Å². The molecule has 0 bridgehead atoms. The zero-order valence-corrected chi connectivity index (χ0v) is 16.5. The number of aromatic nitrogens is 4. The van der Waals surface area contributed by atoms with Crippen LogP contribution in [0.5, 0.6) is 0 Å². The first-order valence-corrected chi connectivity index (χ1v) is 9.30. The number of benzene rings is 1. The fraction of sp³-hybridized carbons (Fsp3) is 0.286. The maximum absolute atomic E-state index is 11.1. The third kappa shape index (κ3) is 2.62.